The normalized spacial score (nSPS) is 10.6. The zero-order valence-corrected chi connectivity index (χ0v) is 18.1. The third-order valence-corrected chi connectivity index (χ3v) is 5.37. The molecule has 150 valence electrons. The number of benzene rings is 2. The lowest BCUT2D eigenvalue weighted by Crippen LogP contribution is -2.12. The average Bonchev–Trinajstić information content (AvgIpc) is 3.09. The molecule has 4 rings (SSSR count). The summed E-state index contributed by atoms with van der Waals surface area (Å²) in [7, 11) is 0. The molecule has 0 bridgehead atoms. The Bertz CT molecular complexity index is 1240. The number of anilines is 2. The first-order valence-corrected chi connectivity index (χ1v) is 10.5. The molecule has 0 unspecified atom stereocenters. The first kappa shape index (κ1) is 20.0. The fourth-order valence-electron chi connectivity index (χ4n) is 2.64. The number of thiazole rings is 1. The highest BCUT2D eigenvalue weighted by atomic mass is 79.9. The zero-order chi connectivity index (χ0) is 21.1. The lowest BCUT2D eigenvalue weighted by Gasteiger charge is -2.07. The van der Waals surface area contributed by atoms with Crippen LogP contribution in [-0.4, -0.2) is 21.8 Å². The number of aromatic nitrogens is 2. The van der Waals surface area contributed by atoms with Gasteiger partial charge in [-0.1, -0.05) is 33.3 Å². The minimum absolute atomic E-state index is 0.178. The van der Waals surface area contributed by atoms with E-state index in [0.29, 0.717) is 28.0 Å². The van der Waals surface area contributed by atoms with Gasteiger partial charge in [0.25, 0.3) is 5.91 Å². The van der Waals surface area contributed by atoms with E-state index in [-0.39, 0.29) is 11.8 Å². The van der Waals surface area contributed by atoms with Crippen molar-refractivity contribution in [1.82, 2.24) is 9.97 Å². The largest absolute Gasteiger partial charge is 0.439 e. The van der Waals surface area contributed by atoms with Crippen molar-refractivity contribution in [2.75, 3.05) is 10.6 Å². The lowest BCUT2D eigenvalue weighted by atomic mass is 10.2. The number of rotatable bonds is 5. The van der Waals surface area contributed by atoms with Gasteiger partial charge in [-0.2, -0.15) is 0 Å². The van der Waals surface area contributed by atoms with Gasteiger partial charge in [0, 0.05) is 29.3 Å². The van der Waals surface area contributed by atoms with Crippen molar-refractivity contribution < 1.29 is 14.3 Å². The number of hydrogen-bond acceptors (Lipinski definition) is 6. The molecule has 0 saturated heterocycles. The molecule has 0 radical (unpaired) electrons. The minimum atomic E-state index is -0.289. The molecule has 0 aliphatic carbocycles. The Morgan fingerprint density at radius 1 is 1.07 bits per heavy atom. The Morgan fingerprint density at radius 3 is 2.67 bits per heavy atom. The molecule has 2 N–H and O–H groups in total. The van der Waals surface area contributed by atoms with Gasteiger partial charge < -0.3 is 15.4 Å². The van der Waals surface area contributed by atoms with Crippen molar-refractivity contribution >= 4 is 60.1 Å². The molecule has 9 heteroatoms. The molecule has 7 nitrogen and oxygen atoms in total. The Labute approximate surface area is 184 Å². The van der Waals surface area contributed by atoms with E-state index in [1.165, 1.54) is 24.5 Å². The van der Waals surface area contributed by atoms with Gasteiger partial charge in [-0.05, 0) is 42.5 Å². The van der Waals surface area contributed by atoms with Gasteiger partial charge in [0.05, 0.1) is 15.8 Å². The van der Waals surface area contributed by atoms with E-state index in [2.05, 4.69) is 36.5 Å². The van der Waals surface area contributed by atoms with Crippen LogP contribution >= 0.6 is 27.3 Å². The molecule has 0 saturated carbocycles. The van der Waals surface area contributed by atoms with Crippen molar-refractivity contribution in [3.63, 3.8) is 0 Å². The van der Waals surface area contributed by atoms with E-state index in [9.17, 15) is 9.59 Å². The summed E-state index contributed by atoms with van der Waals surface area (Å²) in [6.07, 6.45) is 1.46. The Hall–Kier alpha value is -3.30. The predicted molar refractivity (Wildman–Crippen MR) is 120 cm³/mol. The quantitative estimate of drug-likeness (QED) is 0.394. The van der Waals surface area contributed by atoms with E-state index in [1.807, 2.05) is 30.3 Å². The van der Waals surface area contributed by atoms with Gasteiger partial charge in [-0.15, -0.1) is 0 Å². The number of amides is 2. The lowest BCUT2D eigenvalue weighted by molar-refractivity contribution is -0.114. The minimum Gasteiger partial charge on any atom is -0.439 e. The van der Waals surface area contributed by atoms with Crippen LogP contribution in [0.25, 0.3) is 10.2 Å². The van der Waals surface area contributed by atoms with Crippen LogP contribution in [-0.2, 0) is 4.79 Å². The van der Waals surface area contributed by atoms with E-state index in [4.69, 9.17) is 4.74 Å². The Balaban J connectivity index is 1.44. The van der Waals surface area contributed by atoms with Gasteiger partial charge in [-0.3, -0.25) is 9.59 Å². The van der Waals surface area contributed by atoms with Crippen LogP contribution in [0.3, 0.4) is 0 Å². The molecular weight excluding hydrogens is 468 g/mol. The first-order valence-electron chi connectivity index (χ1n) is 8.85. The third kappa shape index (κ3) is 4.81. The van der Waals surface area contributed by atoms with Crippen LogP contribution in [0.5, 0.6) is 11.6 Å². The summed E-state index contributed by atoms with van der Waals surface area (Å²) in [6, 6.07) is 16.1. The number of nitrogens with zero attached hydrogens (tertiary/aromatic N) is 2. The van der Waals surface area contributed by atoms with Crippen molar-refractivity contribution in [3.8, 4) is 11.6 Å². The van der Waals surface area contributed by atoms with Crippen LogP contribution in [0.2, 0.25) is 0 Å². The van der Waals surface area contributed by atoms with Gasteiger partial charge in [0.1, 0.15) is 5.75 Å². The highest BCUT2D eigenvalue weighted by Crippen LogP contribution is 2.29. The second-order valence-electron chi connectivity index (χ2n) is 6.28. The van der Waals surface area contributed by atoms with E-state index in [0.717, 1.165) is 14.7 Å². The van der Waals surface area contributed by atoms with Crippen LogP contribution in [0.1, 0.15) is 17.3 Å². The summed E-state index contributed by atoms with van der Waals surface area (Å²) in [6.45, 7) is 1.43. The SMILES string of the molecule is CC(=O)Nc1nc2ccc(NC(=O)c3ccc(Oc4cccc(Br)c4)nc3)cc2s1. The van der Waals surface area contributed by atoms with Crippen LogP contribution in [0, 0.1) is 0 Å². The fraction of sp³-hybridized carbons (Fsp3) is 0.0476. The maximum atomic E-state index is 12.5. The zero-order valence-electron chi connectivity index (χ0n) is 15.7. The Morgan fingerprint density at radius 2 is 1.93 bits per heavy atom. The summed E-state index contributed by atoms with van der Waals surface area (Å²) in [4.78, 5) is 32.3. The highest BCUT2D eigenvalue weighted by Gasteiger charge is 2.10. The number of hydrogen-bond donors (Lipinski definition) is 2. The number of halogens is 1. The molecule has 2 heterocycles. The number of fused-ring (bicyclic) bond motifs is 1. The van der Waals surface area contributed by atoms with Crippen molar-refractivity contribution in [2.45, 2.75) is 6.92 Å². The van der Waals surface area contributed by atoms with Crippen molar-refractivity contribution in [3.05, 3.63) is 70.8 Å². The molecule has 0 aliphatic heterocycles. The molecule has 0 aliphatic rings. The molecule has 2 aromatic carbocycles. The van der Waals surface area contributed by atoms with Gasteiger partial charge in [-0.25, -0.2) is 9.97 Å². The fourth-order valence-corrected chi connectivity index (χ4v) is 3.97. The summed E-state index contributed by atoms with van der Waals surface area (Å²) < 4.78 is 7.44. The van der Waals surface area contributed by atoms with E-state index >= 15 is 0 Å². The molecule has 0 spiro atoms. The smallest absolute Gasteiger partial charge is 0.257 e. The van der Waals surface area contributed by atoms with E-state index in [1.54, 1.807) is 24.3 Å². The topological polar surface area (TPSA) is 93.2 Å². The summed E-state index contributed by atoms with van der Waals surface area (Å²) in [5, 5.41) is 6.03. The van der Waals surface area contributed by atoms with Crippen LogP contribution in [0.15, 0.2) is 65.3 Å². The van der Waals surface area contributed by atoms with Crippen molar-refractivity contribution in [2.24, 2.45) is 0 Å². The number of ether oxygens (including phenoxy) is 1. The molecule has 0 fully saturated rings. The second-order valence-corrected chi connectivity index (χ2v) is 8.23. The van der Waals surface area contributed by atoms with Crippen LogP contribution < -0.4 is 15.4 Å². The predicted octanol–water partition coefficient (Wildman–Crippen LogP) is 5.46. The van der Waals surface area contributed by atoms with Gasteiger partial charge in [0.2, 0.25) is 11.8 Å². The molecular formula is C21H15BrN4O3S. The van der Waals surface area contributed by atoms with Crippen LogP contribution in [0.4, 0.5) is 10.8 Å². The average molecular weight is 483 g/mol. The summed E-state index contributed by atoms with van der Waals surface area (Å²) >= 11 is 4.73. The number of pyridine rings is 1. The number of carbonyl (C=O) groups is 2. The highest BCUT2D eigenvalue weighted by molar-refractivity contribution is 9.10. The second kappa shape index (κ2) is 8.60. The third-order valence-electron chi connectivity index (χ3n) is 3.95. The summed E-state index contributed by atoms with van der Waals surface area (Å²) in [5.41, 5.74) is 1.78. The molecule has 2 aromatic heterocycles. The van der Waals surface area contributed by atoms with Gasteiger partial charge >= 0.3 is 0 Å². The van der Waals surface area contributed by atoms with Crippen molar-refractivity contribution in [1.29, 1.82) is 0 Å². The summed E-state index contributed by atoms with van der Waals surface area (Å²) in [5.74, 6) is 0.566. The molecule has 0 atom stereocenters. The monoisotopic (exact) mass is 482 g/mol. The molecule has 2 amide bonds. The molecule has 4 aromatic rings. The van der Waals surface area contributed by atoms with Gasteiger partial charge in [0.15, 0.2) is 5.13 Å². The maximum Gasteiger partial charge on any atom is 0.257 e. The number of nitrogens with one attached hydrogen (secondary N) is 2. The Kier molecular flexibility index (Phi) is 5.73. The maximum absolute atomic E-state index is 12.5. The molecule has 30 heavy (non-hydrogen) atoms. The standard InChI is InChI=1S/C21H15BrN4O3S/c1-12(27)24-21-26-17-7-6-15(10-18(17)30-21)25-20(28)13-5-8-19(23-11-13)29-16-4-2-3-14(22)9-16/h2-11H,1H3,(H,25,28)(H,24,26,27). The first-order chi connectivity index (χ1) is 14.5. The number of carbonyl (C=O) groups excluding carboxylic acids is 2. The van der Waals surface area contributed by atoms with E-state index < -0.39 is 0 Å².